The lowest BCUT2D eigenvalue weighted by molar-refractivity contribution is -0.385. The Kier molecular flexibility index (Phi) is 3.70. The number of nitro groups is 1. The van der Waals surface area contributed by atoms with Crippen LogP contribution in [0.4, 0.5) is 19.6 Å². The van der Waals surface area contributed by atoms with E-state index in [-0.39, 0.29) is 5.13 Å². The Morgan fingerprint density at radius 2 is 1.91 bits per heavy atom. The monoisotopic (exact) mass is 335 g/mol. The Labute approximate surface area is 131 Å². The van der Waals surface area contributed by atoms with Crippen molar-refractivity contribution >= 4 is 38.3 Å². The summed E-state index contributed by atoms with van der Waals surface area (Å²) >= 11 is 1.16. The van der Waals surface area contributed by atoms with Crippen LogP contribution in [0.1, 0.15) is 10.4 Å². The molecule has 0 bridgehead atoms. The standard InChI is InChI=1S/C14H7F2N3O3S/c15-8-5-7(11(19(21)22)6-9(8)16)13(20)18-14-17-10-3-1-2-4-12(10)23-14/h1-6H,(H,17,18,20). The van der Waals surface area contributed by atoms with E-state index in [1.54, 1.807) is 24.3 Å². The summed E-state index contributed by atoms with van der Waals surface area (Å²) < 4.78 is 27.2. The molecule has 23 heavy (non-hydrogen) atoms. The van der Waals surface area contributed by atoms with Gasteiger partial charge in [0.2, 0.25) is 0 Å². The molecule has 9 heteroatoms. The molecular weight excluding hydrogens is 328 g/mol. The molecule has 0 fully saturated rings. The summed E-state index contributed by atoms with van der Waals surface area (Å²) in [6, 6.07) is 7.98. The zero-order chi connectivity index (χ0) is 16.6. The number of rotatable bonds is 3. The highest BCUT2D eigenvalue weighted by molar-refractivity contribution is 7.22. The van der Waals surface area contributed by atoms with E-state index in [1.165, 1.54) is 0 Å². The van der Waals surface area contributed by atoms with Crippen molar-refractivity contribution < 1.29 is 18.5 Å². The highest BCUT2D eigenvalue weighted by Crippen LogP contribution is 2.27. The predicted octanol–water partition coefficient (Wildman–Crippen LogP) is 3.74. The molecule has 116 valence electrons. The first-order valence-electron chi connectivity index (χ1n) is 6.26. The molecule has 0 saturated heterocycles. The summed E-state index contributed by atoms with van der Waals surface area (Å²) in [7, 11) is 0. The van der Waals surface area contributed by atoms with Crippen molar-refractivity contribution in [2.24, 2.45) is 0 Å². The van der Waals surface area contributed by atoms with Crippen molar-refractivity contribution in [2.75, 3.05) is 5.32 Å². The van der Waals surface area contributed by atoms with Crippen molar-refractivity contribution in [1.29, 1.82) is 0 Å². The Balaban J connectivity index is 1.97. The fourth-order valence-corrected chi connectivity index (χ4v) is 2.82. The number of nitro benzene ring substituents is 1. The number of thiazole rings is 1. The summed E-state index contributed by atoms with van der Waals surface area (Å²) in [6.45, 7) is 0. The average Bonchev–Trinajstić information content (AvgIpc) is 2.91. The predicted molar refractivity (Wildman–Crippen MR) is 80.6 cm³/mol. The molecule has 1 aromatic heterocycles. The smallest absolute Gasteiger partial charge is 0.285 e. The van der Waals surface area contributed by atoms with Gasteiger partial charge in [0.1, 0.15) is 5.56 Å². The third-order valence-corrected chi connectivity index (χ3v) is 3.95. The zero-order valence-electron chi connectivity index (χ0n) is 11.2. The third-order valence-electron chi connectivity index (χ3n) is 2.99. The fraction of sp³-hybridized carbons (Fsp3) is 0. The van der Waals surface area contributed by atoms with Crippen LogP contribution in [0, 0.1) is 21.7 Å². The van der Waals surface area contributed by atoms with Crippen LogP contribution < -0.4 is 5.32 Å². The maximum atomic E-state index is 13.3. The van der Waals surface area contributed by atoms with Crippen molar-refractivity contribution in [3.63, 3.8) is 0 Å². The van der Waals surface area contributed by atoms with Crippen LogP contribution in [0.2, 0.25) is 0 Å². The highest BCUT2D eigenvalue weighted by atomic mass is 32.1. The van der Waals surface area contributed by atoms with Gasteiger partial charge in [-0.2, -0.15) is 0 Å². The lowest BCUT2D eigenvalue weighted by atomic mass is 10.1. The van der Waals surface area contributed by atoms with Gasteiger partial charge in [-0.3, -0.25) is 20.2 Å². The number of halogens is 2. The quantitative estimate of drug-likeness (QED) is 0.584. The first-order valence-corrected chi connectivity index (χ1v) is 7.07. The van der Waals surface area contributed by atoms with Crippen LogP contribution in [0.25, 0.3) is 10.2 Å². The molecule has 0 aliphatic carbocycles. The Morgan fingerprint density at radius 3 is 2.61 bits per heavy atom. The maximum absolute atomic E-state index is 13.3. The number of para-hydroxylation sites is 1. The van der Waals surface area contributed by atoms with Crippen LogP contribution in [0.15, 0.2) is 36.4 Å². The lowest BCUT2D eigenvalue weighted by Crippen LogP contribution is -2.14. The van der Waals surface area contributed by atoms with Crippen LogP contribution in [-0.2, 0) is 0 Å². The molecule has 0 atom stereocenters. The topological polar surface area (TPSA) is 85.1 Å². The molecule has 0 aliphatic rings. The lowest BCUT2D eigenvalue weighted by Gasteiger charge is -2.03. The van der Waals surface area contributed by atoms with Crippen molar-refractivity contribution in [2.45, 2.75) is 0 Å². The molecule has 0 saturated carbocycles. The van der Waals surface area contributed by atoms with Crippen molar-refractivity contribution in [1.82, 2.24) is 4.98 Å². The average molecular weight is 335 g/mol. The molecule has 0 radical (unpaired) electrons. The number of benzene rings is 2. The number of nitrogens with one attached hydrogen (secondary N) is 1. The van der Waals surface area contributed by atoms with Gasteiger partial charge in [0.25, 0.3) is 11.6 Å². The van der Waals surface area contributed by atoms with E-state index in [0.717, 1.165) is 16.0 Å². The van der Waals surface area contributed by atoms with Gasteiger partial charge in [-0.1, -0.05) is 23.5 Å². The molecule has 2 aromatic carbocycles. The minimum Gasteiger partial charge on any atom is -0.298 e. The van der Waals surface area contributed by atoms with Crippen LogP contribution in [-0.4, -0.2) is 15.8 Å². The molecule has 0 aliphatic heterocycles. The molecule has 1 amide bonds. The summed E-state index contributed by atoms with van der Waals surface area (Å²) in [5.74, 6) is -3.67. The van der Waals surface area contributed by atoms with E-state index in [9.17, 15) is 23.7 Å². The Bertz CT molecular complexity index is 909. The highest BCUT2D eigenvalue weighted by Gasteiger charge is 2.24. The number of nitrogens with zero attached hydrogens (tertiary/aromatic N) is 2. The van der Waals surface area contributed by atoms with Crippen molar-refractivity contribution in [3.8, 4) is 0 Å². The van der Waals surface area contributed by atoms with Gasteiger partial charge in [-0.05, 0) is 18.2 Å². The van der Waals surface area contributed by atoms with Gasteiger partial charge in [-0.25, -0.2) is 13.8 Å². The molecule has 1 heterocycles. The molecule has 0 unspecified atom stereocenters. The zero-order valence-corrected chi connectivity index (χ0v) is 12.1. The minimum atomic E-state index is -1.40. The van der Waals surface area contributed by atoms with Crippen LogP contribution in [0.3, 0.4) is 0 Å². The second-order valence-electron chi connectivity index (χ2n) is 4.48. The SMILES string of the molecule is O=C(Nc1nc2ccccc2s1)c1cc(F)c(F)cc1[N+](=O)[O-]. The Morgan fingerprint density at radius 1 is 1.22 bits per heavy atom. The largest absolute Gasteiger partial charge is 0.298 e. The van der Waals surface area contributed by atoms with Crippen molar-refractivity contribution in [3.05, 3.63) is 63.7 Å². The molecule has 3 aromatic rings. The first-order chi connectivity index (χ1) is 11.0. The molecule has 6 nitrogen and oxygen atoms in total. The van der Waals surface area contributed by atoms with Gasteiger partial charge in [0.05, 0.1) is 21.2 Å². The molecule has 0 spiro atoms. The summed E-state index contributed by atoms with van der Waals surface area (Å²) in [5.41, 5.74) is -0.747. The summed E-state index contributed by atoms with van der Waals surface area (Å²) in [5, 5.41) is 13.5. The number of amides is 1. The number of hydrogen-bond donors (Lipinski definition) is 1. The van der Waals surface area contributed by atoms with E-state index in [2.05, 4.69) is 10.3 Å². The fourth-order valence-electron chi connectivity index (χ4n) is 1.96. The van der Waals surface area contributed by atoms with Gasteiger partial charge in [0, 0.05) is 0 Å². The number of anilines is 1. The van der Waals surface area contributed by atoms with Gasteiger partial charge in [-0.15, -0.1) is 0 Å². The van der Waals surface area contributed by atoms with Crippen LogP contribution in [0.5, 0.6) is 0 Å². The summed E-state index contributed by atoms with van der Waals surface area (Å²) in [6.07, 6.45) is 0. The number of hydrogen-bond acceptors (Lipinski definition) is 5. The molecule has 3 rings (SSSR count). The normalized spacial score (nSPS) is 10.7. The second kappa shape index (κ2) is 5.69. The minimum absolute atomic E-state index is 0.204. The van der Waals surface area contributed by atoms with Crippen LogP contribution >= 0.6 is 11.3 Å². The molecule has 1 N–H and O–H groups in total. The first kappa shape index (κ1) is 15.0. The third kappa shape index (κ3) is 2.86. The van der Waals surface area contributed by atoms with E-state index in [4.69, 9.17) is 0 Å². The number of carbonyl (C=O) groups is 1. The van der Waals surface area contributed by atoms with E-state index in [0.29, 0.717) is 17.6 Å². The molecular formula is C14H7F2N3O3S. The summed E-state index contributed by atoms with van der Waals surface area (Å²) in [4.78, 5) is 26.2. The van der Waals surface area contributed by atoms with Gasteiger partial charge in [0.15, 0.2) is 16.8 Å². The van der Waals surface area contributed by atoms with E-state index >= 15 is 0 Å². The maximum Gasteiger partial charge on any atom is 0.285 e. The second-order valence-corrected chi connectivity index (χ2v) is 5.51. The van der Waals surface area contributed by atoms with E-state index in [1.807, 2.05) is 0 Å². The number of fused-ring (bicyclic) bond motifs is 1. The van der Waals surface area contributed by atoms with Gasteiger partial charge >= 0.3 is 0 Å². The van der Waals surface area contributed by atoms with E-state index < -0.39 is 33.7 Å². The Hall–Kier alpha value is -2.94. The number of aromatic nitrogens is 1. The number of carbonyl (C=O) groups excluding carboxylic acids is 1. The van der Waals surface area contributed by atoms with Gasteiger partial charge < -0.3 is 0 Å².